The lowest BCUT2D eigenvalue weighted by Gasteiger charge is -2.20. The molecule has 1 heterocycles. The van der Waals surface area contributed by atoms with Crippen molar-refractivity contribution in [3.8, 4) is 11.5 Å². The first kappa shape index (κ1) is 20.3. The van der Waals surface area contributed by atoms with Crippen molar-refractivity contribution in [1.29, 1.82) is 0 Å². The van der Waals surface area contributed by atoms with Crippen LogP contribution in [0.4, 0.5) is 0 Å². The molecule has 8 heteroatoms. The Labute approximate surface area is 160 Å². The fourth-order valence-electron chi connectivity index (χ4n) is 2.53. The number of aromatic hydroxyl groups is 2. The summed E-state index contributed by atoms with van der Waals surface area (Å²) in [7, 11) is 0. The Morgan fingerprint density at radius 3 is 2.58 bits per heavy atom. The second-order valence-electron chi connectivity index (χ2n) is 5.93. The number of benzene rings is 1. The lowest BCUT2D eigenvalue weighted by Crippen LogP contribution is -2.27. The molecule has 3 atom stereocenters. The summed E-state index contributed by atoms with van der Waals surface area (Å²) >= 11 is 12.1. The zero-order valence-corrected chi connectivity index (χ0v) is 15.4. The quantitative estimate of drug-likeness (QED) is 0.456. The van der Waals surface area contributed by atoms with E-state index in [4.69, 9.17) is 27.9 Å². The normalized spacial score (nSPS) is 24.7. The molecule has 0 fully saturated rings. The van der Waals surface area contributed by atoms with E-state index >= 15 is 0 Å². The molecule has 0 saturated heterocycles. The zero-order chi connectivity index (χ0) is 19.4. The fraction of sp³-hybridized carbons (Fsp3) is 0.333. The van der Waals surface area contributed by atoms with Crippen molar-refractivity contribution in [2.45, 2.75) is 37.4 Å². The van der Waals surface area contributed by atoms with Crippen molar-refractivity contribution >= 4 is 35.0 Å². The predicted molar refractivity (Wildman–Crippen MR) is 96.9 cm³/mol. The SMILES string of the molecule is C[C@@H]1C[C@@H](O)[C@@H](Cl)C=CC=CC(=O)Cc2c(Cl)c(O)cc(O)c2C(=O)O1. The van der Waals surface area contributed by atoms with Crippen molar-refractivity contribution in [1.82, 2.24) is 0 Å². The van der Waals surface area contributed by atoms with Gasteiger partial charge in [0, 0.05) is 24.5 Å². The average Bonchev–Trinajstić information content (AvgIpc) is 2.54. The van der Waals surface area contributed by atoms with E-state index in [9.17, 15) is 24.9 Å². The van der Waals surface area contributed by atoms with Crippen molar-refractivity contribution < 1.29 is 29.6 Å². The molecule has 3 N–H and O–H groups in total. The maximum Gasteiger partial charge on any atom is 0.342 e. The number of esters is 1. The molecule has 0 radical (unpaired) electrons. The van der Waals surface area contributed by atoms with E-state index in [2.05, 4.69) is 0 Å². The molecule has 26 heavy (non-hydrogen) atoms. The van der Waals surface area contributed by atoms with Gasteiger partial charge in [0.25, 0.3) is 0 Å². The van der Waals surface area contributed by atoms with Gasteiger partial charge in [-0.15, -0.1) is 11.6 Å². The lowest BCUT2D eigenvalue weighted by molar-refractivity contribution is -0.114. The summed E-state index contributed by atoms with van der Waals surface area (Å²) in [5.74, 6) is -2.36. The number of cyclic esters (lactones) is 1. The van der Waals surface area contributed by atoms with E-state index in [1.807, 2.05) is 0 Å². The summed E-state index contributed by atoms with van der Waals surface area (Å²) in [5.41, 5.74) is -0.335. The number of ether oxygens (including phenoxy) is 1. The molecule has 0 saturated carbocycles. The molecule has 1 aliphatic heterocycles. The molecule has 0 bridgehead atoms. The minimum atomic E-state index is -0.987. The smallest absolute Gasteiger partial charge is 0.342 e. The van der Waals surface area contributed by atoms with Crippen LogP contribution in [0, 0.1) is 0 Å². The molecule has 0 spiro atoms. The van der Waals surface area contributed by atoms with E-state index in [-0.39, 0.29) is 29.0 Å². The highest BCUT2D eigenvalue weighted by atomic mass is 35.5. The van der Waals surface area contributed by atoms with Crippen molar-refractivity contribution in [2.24, 2.45) is 0 Å². The van der Waals surface area contributed by atoms with Crippen LogP contribution in [0.5, 0.6) is 11.5 Å². The van der Waals surface area contributed by atoms with E-state index in [1.165, 1.54) is 24.3 Å². The van der Waals surface area contributed by atoms with Crippen molar-refractivity contribution in [3.05, 3.63) is 46.5 Å². The second-order valence-corrected chi connectivity index (χ2v) is 6.81. The van der Waals surface area contributed by atoms with Gasteiger partial charge >= 0.3 is 5.97 Å². The van der Waals surface area contributed by atoms with Crippen LogP contribution in [-0.4, -0.2) is 44.7 Å². The number of alkyl halides is 1. The van der Waals surface area contributed by atoms with Gasteiger partial charge < -0.3 is 20.1 Å². The number of rotatable bonds is 0. The number of carbonyl (C=O) groups is 2. The Balaban J connectivity index is 2.51. The van der Waals surface area contributed by atoms with Crippen LogP contribution < -0.4 is 0 Å². The molecule has 1 aromatic carbocycles. The number of phenols is 2. The number of aliphatic hydroxyl groups excluding tert-OH is 1. The monoisotopic (exact) mass is 400 g/mol. The third-order valence-corrected chi connectivity index (χ3v) is 4.67. The van der Waals surface area contributed by atoms with E-state index in [0.29, 0.717) is 0 Å². The summed E-state index contributed by atoms with van der Waals surface area (Å²) in [5, 5.41) is 29.0. The minimum Gasteiger partial charge on any atom is -0.507 e. The third-order valence-electron chi connectivity index (χ3n) is 3.81. The highest BCUT2D eigenvalue weighted by molar-refractivity contribution is 6.33. The number of ketones is 1. The van der Waals surface area contributed by atoms with Crippen LogP contribution in [0.15, 0.2) is 30.4 Å². The lowest BCUT2D eigenvalue weighted by atomic mass is 9.99. The van der Waals surface area contributed by atoms with Crippen LogP contribution in [0.3, 0.4) is 0 Å². The standard InChI is InChI=1S/C18H18Cl2O6/c1-9-6-13(22)12(19)5-3-2-4-10(21)7-11-16(18(25)26-9)14(23)8-15(24)17(11)20/h2-5,8-9,12-13,22-24H,6-7H2,1H3/t9-,12+,13-/m1/s1. The maximum absolute atomic E-state index is 12.5. The van der Waals surface area contributed by atoms with Gasteiger partial charge in [0.15, 0.2) is 5.78 Å². The van der Waals surface area contributed by atoms with Gasteiger partial charge in [-0.1, -0.05) is 29.8 Å². The highest BCUT2D eigenvalue weighted by Gasteiger charge is 2.27. The third kappa shape index (κ3) is 4.78. The summed E-state index contributed by atoms with van der Waals surface area (Å²) in [6, 6.07) is 0.906. The molecule has 0 aromatic heterocycles. The Kier molecular flexibility index (Phi) is 6.69. The summed E-state index contributed by atoms with van der Waals surface area (Å²) in [6.45, 7) is 1.56. The Bertz CT molecular complexity index is 771. The number of carbonyl (C=O) groups excluding carboxylic acids is 2. The van der Waals surface area contributed by atoms with E-state index in [1.54, 1.807) is 6.92 Å². The van der Waals surface area contributed by atoms with Crippen molar-refractivity contribution in [3.63, 3.8) is 0 Å². The molecule has 2 rings (SSSR count). The second kappa shape index (κ2) is 8.58. The van der Waals surface area contributed by atoms with Gasteiger partial charge in [0.1, 0.15) is 23.2 Å². The van der Waals surface area contributed by atoms with Gasteiger partial charge in [-0.25, -0.2) is 4.79 Å². The minimum absolute atomic E-state index is 0.0344. The van der Waals surface area contributed by atoms with Crippen LogP contribution in [-0.2, 0) is 16.0 Å². The molecule has 1 aromatic rings. The van der Waals surface area contributed by atoms with Crippen LogP contribution in [0.2, 0.25) is 5.02 Å². The van der Waals surface area contributed by atoms with Crippen molar-refractivity contribution in [2.75, 3.05) is 0 Å². The number of hydrogen-bond donors (Lipinski definition) is 3. The van der Waals surface area contributed by atoms with Crippen LogP contribution >= 0.6 is 23.2 Å². The molecule has 0 amide bonds. The number of fused-ring (bicyclic) bond motifs is 1. The topological polar surface area (TPSA) is 104 Å². The number of aliphatic hydroxyl groups is 1. The Morgan fingerprint density at radius 1 is 1.19 bits per heavy atom. The maximum atomic E-state index is 12.5. The molecule has 140 valence electrons. The number of hydrogen-bond acceptors (Lipinski definition) is 6. The van der Waals surface area contributed by atoms with Gasteiger partial charge in [-0.3, -0.25) is 4.79 Å². The molecule has 0 unspecified atom stereocenters. The predicted octanol–water partition coefficient (Wildman–Crippen LogP) is 2.89. The summed E-state index contributed by atoms with van der Waals surface area (Å²) < 4.78 is 5.24. The first-order chi connectivity index (χ1) is 12.2. The molecule has 1 aliphatic rings. The largest absolute Gasteiger partial charge is 0.507 e. The first-order valence-electron chi connectivity index (χ1n) is 7.84. The van der Waals surface area contributed by atoms with Gasteiger partial charge in [-0.2, -0.15) is 0 Å². The number of allylic oxidation sites excluding steroid dienone is 3. The first-order valence-corrected chi connectivity index (χ1v) is 8.66. The Morgan fingerprint density at radius 2 is 1.88 bits per heavy atom. The summed E-state index contributed by atoms with van der Waals surface area (Å²) in [6.07, 6.45) is 3.73. The Hall–Kier alpha value is -2.02. The summed E-state index contributed by atoms with van der Waals surface area (Å²) in [4.78, 5) is 24.6. The van der Waals surface area contributed by atoms with Gasteiger partial charge in [-0.05, 0) is 13.0 Å². The number of halogens is 2. The average molecular weight is 401 g/mol. The van der Waals surface area contributed by atoms with E-state index in [0.717, 1.165) is 6.07 Å². The number of phenolic OH excluding ortho intramolecular Hbond substituents is 2. The molecule has 0 aliphatic carbocycles. The van der Waals surface area contributed by atoms with Gasteiger partial charge in [0.2, 0.25) is 0 Å². The van der Waals surface area contributed by atoms with Crippen LogP contribution in [0.1, 0.15) is 29.3 Å². The van der Waals surface area contributed by atoms with E-state index < -0.39 is 40.8 Å². The molecule has 6 nitrogen and oxygen atoms in total. The van der Waals surface area contributed by atoms with Crippen LogP contribution in [0.25, 0.3) is 0 Å². The molecular weight excluding hydrogens is 383 g/mol. The highest BCUT2D eigenvalue weighted by Crippen LogP contribution is 2.37. The molecular formula is C18H18Cl2O6. The fourth-order valence-corrected chi connectivity index (χ4v) is 2.93. The van der Waals surface area contributed by atoms with Gasteiger partial charge in [0.05, 0.1) is 16.5 Å². The zero-order valence-electron chi connectivity index (χ0n) is 13.9.